The third-order valence-corrected chi connectivity index (χ3v) is 1.90. The molecule has 0 aliphatic carbocycles. The van der Waals surface area contributed by atoms with Crippen molar-refractivity contribution in [2.45, 2.75) is 5.88 Å². The number of nitrogens with one attached hydrogen (secondary N) is 1. The number of alkyl halides is 1. The Morgan fingerprint density at radius 1 is 1.58 bits per heavy atom. The van der Waals surface area contributed by atoms with Gasteiger partial charge in [0, 0.05) is 11.9 Å². The Morgan fingerprint density at radius 2 is 2.33 bits per heavy atom. The summed E-state index contributed by atoms with van der Waals surface area (Å²) in [5.41, 5.74) is 4.31. The van der Waals surface area contributed by atoms with E-state index in [0.717, 1.165) is 17.0 Å². The first-order valence-electron chi connectivity index (χ1n) is 3.51. The number of nitrogen functional groups attached to an aromatic ring is 1. The maximum absolute atomic E-state index is 5.67. The van der Waals surface area contributed by atoms with Crippen molar-refractivity contribution < 1.29 is 4.74 Å². The number of hydrazine groups is 1. The van der Waals surface area contributed by atoms with E-state index in [-0.39, 0.29) is 0 Å². The van der Waals surface area contributed by atoms with Gasteiger partial charge in [0.25, 0.3) is 0 Å². The molecule has 0 aliphatic rings. The number of benzene rings is 1. The third-order valence-electron chi connectivity index (χ3n) is 1.62. The molecule has 0 heterocycles. The minimum atomic E-state index is 0.434. The number of rotatable bonds is 3. The van der Waals surface area contributed by atoms with Gasteiger partial charge in [0.15, 0.2) is 0 Å². The second kappa shape index (κ2) is 4.18. The van der Waals surface area contributed by atoms with Crippen LogP contribution in [0.1, 0.15) is 5.56 Å². The second-order valence-electron chi connectivity index (χ2n) is 2.30. The summed E-state index contributed by atoms with van der Waals surface area (Å²) in [5.74, 6) is 6.48. The molecule has 3 N–H and O–H groups in total. The van der Waals surface area contributed by atoms with Crippen LogP contribution in [0.15, 0.2) is 18.2 Å². The summed E-state index contributed by atoms with van der Waals surface area (Å²) in [5, 5.41) is 0. The van der Waals surface area contributed by atoms with Gasteiger partial charge in [0.05, 0.1) is 12.8 Å². The second-order valence-corrected chi connectivity index (χ2v) is 2.57. The molecular formula is C8H11ClN2O. The number of nitrogens with two attached hydrogens (primary N) is 1. The van der Waals surface area contributed by atoms with Gasteiger partial charge >= 0.3 is 0 Å². The van der Waals surface area contributed by atoms with E-state index >= 15 is 0 Å². The summed E-state index contributed by atoms with van der Waals surface area (Å²) in [7, 11) is 1.61. The lowest BCUT2D eigenvalue weighted by Crippen LogP contribution is -2.08. The van der Waals surface area contributed by atoms with Crippen LogP contribution in [-0.2, 0) is 5.88 Å². The lowest BCUT2D eigenvalue weighted by molar-refractivity contribution is 0.415. The minimum Gasteiger partial charge on any atom is -0.497 e. The SMILES string of the molecule is COc1ccc(CCl)c(NN)c1. The fourth-order valence-corrected chi connectivity index (χ4v) is 1.17. The van der Waals surface area contributed by atoms with Crippen molar-refractivity contribution in [3.8, 4) is 5.75 Å². The van der Waals surface area contributed by atoms with Crippen molar-refractivity contribution >= 4 is 17.3 Å². The summed E-state index contributed by atoms with van der Waals surface area (Å²) < 4.78 is 5.02. The zero-order valence-electron chi connectivity index (χ0n) is 6.80. The lowest BCUT2D eigenvalue weighted by atomic mass is 10.2. The molecule has 0 unspecified atom stereocenters. The smallest absolute Gasteiger partial charge is 0.120 e. The van der Waals surface area contributed by atoms with Crippen molar-refractivity contribution in [3.63, 3.8) is 0 Å². The molecule has 12 heavy (non-hydrogen) atoms. The van der Waals surface area contributed by atoms with Gasteiger partial charge in [-0.25, -0.2) is 0 Å². The molecule has 3 nitrogen and oxygen atoms in total. The normalized spacial score (nSPS) is 9.58. The van der Waals surface area contributed by atoms with E-state index in [1.54, 1.807) is 13.2 Å². The van der Waals surface area contributed by atoms with E-state index in [1.807, 2.05) is 12.1 Å². The highest BCUT2D eigenvalue weighted by Crippen LogP contribution is 2.22. The molecule has 0 amide bonds. The molecule has 1 aromatic carbocycles. The van der Waals surface area contributed by atoms with E-state index in [1.165, 1.54) is 0 Å². The maximum Gasteiger partial charge on any atom is 0.120 e. The van der Waals surface area contributed by atoms with Gasteiger partial charge in [0.1, 0.15) is 5.75 Å². The average molecular weight is 187 g/mol. The molecule has 1 rings (SSSR count). The largest absolute Gasteiger partial charge is 0.497 e. The van der Waals surface area contributed by atoms with Crippen LogP contribution < -0.4 is 16.0 Å². The number of anilines is 1. The number of ether oxygens (including phenoxy) is 1. The van der Waals surface area contributed by atoms with Crippen LogP contribution in [0.25, 0.3) is 0 Å². The Morgan fingerprint density at radius 3 is 2.83 bits per heavy atom. The predicted molar refractivity (Wildman–Crippen MR) is 50.4 cm³/mol. The van der Waals surface area contributed by atoms with E-state index in [9.17, 15) is 0 Å². The van der Waals surface area contributed by atoms with E-state index in [2.05, 4.69) is 5.43 Å². The molecular weight excluding hydrogens is 176 g/mol. The van der Waals surface area contributed by atoms with Gasteiger partial charge in [0.2, 0.25) is 0 Å². The Hall–Kier alpha value is -0.930. The highest BCUT2D eigenvalue weighted by molar-refractivity contribution is 6.17. The highest BCUT2D eigenvalue weighted by atomic mass is 35.5. The topological polar surface area (TPSA) is 47.3 Å². The summed E-state index contributed by atoms with van der Waals surface area (Å²) >= 11 is 5.67. The van der Waals surface area contributed by atoms with E-state index in [0.29, 0.717) is 5.88 Å². The number of hydrogen-bond acceptors (Lipinski definition) is 3. The highest BCUT2D eigenvalue weighted by Gasteiger charge is 2.00. The van der Waals surface area contributed by atoms with Crippen molar-refractivity contribution in [3.05, 3.63) is 23.8 Å². The third kappa shape index (κ3) is 1.81. The van der Waals surface area contributed by atoms with Crippen LogP contribution in [0.4, 0.5) is 5.69 Å². The lowest BCUT2D eigenvalue weighted by Gasteiger charge is -2.07. The quantitative estimate of drug-likeness (QED) is 0.429. The van der Waals surface area contributed by atoms with Crippen LogP contribution in [-0.4, -0.2) is 7.11 Å². The van der Waals surface area contributed by atoms with Crippen LogP contribution >= 0.6 is 11.6 Å². The van der Waals surface area contributed by atoms with Gasteiger partial charge in [-0.05, 0) is 11.6 Å². The van der Waals surface area contributed by atoms with E-state index in [4.69, 9.17) is 22.2 Å². The predicted octanol–water partition coefficient (Wildman–Crippen LogP) is 1.72. The van der Waals surface area contributed by atoms with Gasteiger partial charge in [-0.15, -0.1) is 11.6 Å². The Labute approximate surface area is 76.4 Å². The summed E-state index contributed by atoms with van der Waals surface area (Å²) in [6.45, 7) is 0. The number of hydrogen-bond donors (Lipinski definition) is 2. The maximum atomic E-state index is 5.67. The van der Waals surface area contributed by atoms with Crippen molar-refractivity contribution in [2.75, 3.05) is 12.5 Å². The Kier molecular flexibility index (Phi) is 3.19. The van der Waals surface area contributed by atoms with Gasteiger partial charge in [-0.3, -0.25) is 5.84 Å². The fraction of sp³-hybridized carbons (Fsp3) is 0.250. The molecule has 0 saturated carbocycles. The molecule has 1 aromatic rings. The molecule has 66 valence electrons. The molecule has 0 atom stereocenters. The molecule has 0 aromatic heterocycles. The number of halogens is 1. The molecule has 0 aliphatic heterocycles. The van der Waals surface area contributed by atoms with Crippen molar-refractivity contribution in [2.24, 2.45) is 5.84 Å². The zero-order chi connectivity index (χ0) is 8.97. The van der Waals surface area contributed by atoms with Crippen molar-refractivity contribution in [1.29, 1.82) is 0 Å². The first-order valence-corrected chi connectivity index (χ1v) is 4.04. The monoisotopic (exact) mass is 186 g/mol. The standard InChI is InChI=1S/C8H11ClN2O/c1-12-7-3-2-6(5-9)8(4-7)11-10/h2-4,11H,5,10H2,1H3. The summed E-state index contributed by atoms with van der Waals surface area (Å²) in [6, 6.07) is 5.53. The van der Waals surface area contributed by atoms with Gasteiger partial charge in [-0.2, -0.15) is 0 Å². The Bertz CT molecular complexity index is 265. The molecule has 0 bridgehead atoms. The van der Waals surface area contributed by atoms with Crippen LogP contribution in [0, 0.1) is 0 Å². The molecule has 4 heteroatoms. The first kappa shape index (κ1) is 9.16. The zero-order valence-corrected chi connectivity index (χ0v) is 7.56. The molecule has 0 saturated heterocycles. The number of methoxy groups -OCH3 is 1. The first-order chi connectivity index (χ1) is 5.81. The molecule has 0 radical (unpaired) electrons. The van der Waals surface area contributed by atoms with Gasteiger partial charge in [-0.1, -0.05) is 6.07 Å². The van der Waals surface area contributed by atoms with Crippen LogP contribution in [0.3, 0.4) is 0 Å². The summed E-state index contributed by atoms with van der Waals surface area (Å²) in [6.07, 6.45) is 0. The Balaban J connectivity index is 3.02. The average Bonchev–Trinajstić information content (AvgIpc) is 2.16. The minimum absolute atomic E-state index is 0.434. The summed E-state index contributed by atoms with van der Waals surface area (Å²) in [4.78, 5) is 0. The van der Waals surface area contributed by atoms with Crippen molar-refractivity contribution in [1.82, 2.24) is 0 Å². The molecule has 0 fully saturated rings. The van der Waals surface area contributed by atoms with E-state index < -0.39 is 0 Å². The fourth-order valence-electron chi connectivity index (χ4n) is 0.933. The van der Waals surface area contributed by atoms with Crippen LogP contribution in [0.5, 0.6) is 5.75 Å². The van der Waals surface area contributed by atoms with Crippen LogP contribution in [0.2, 0.25) is 0 Å². The van der Waals surface area contributed by atoms with Gasteiger partial charge < -0.3 is 10.2 Å². The molecule has 0 spiro atoms.